The van der Waals surface area contributed by atoms with E-state index in [2.05, 4.69) is 10.6 Å². The van der Waals surface area contributed by atoms with Crippen LogP contribution in [0.25, 0.3) is 22.2 Å². The van der Waals surface area contributed by atoms with Crippen molar-refractivity contribution in [2.75, 3.05) is 0 Å². The molecule has 3 aromatic carbocycles. The van der Waals surface area contributed by atoms with Gasteiger partial charge in [-0.05, 0) is 41.3 Å². The molecule has 1 aliphatic rings. The second-order valence-electron chi connectivity index (χ2n) is 7.74. The summed E-state index contributed by atoms with van der Waals surface area (Å²) in [6, 6.07) is 20.3. The van der Waals surface area contributed by atoms with Crippen LogP contribution in [0, 0.1) is 0 Å². The summed E-state index contributed by atoms with van der Waals surface area (Å²) in [5.74, 6) is 1.21. The monoisotopic (exact) mass is 454 g/mol. The Bertz CT molecular complexity index is 1300. The summed E-state index contributed by atoms with van der Waals surface area (Å²) in [7, 11) is 0. The van der Waals surface area contributed by atoms with E-state index in [1.807, 2.05) is 48.5 Å². The molecule has 164 valence electrons. The van der Waals surface area contributed by atoms with E-state index in [0.29, 0.717) is 0 Å². The lowest BCUT2D eigenvalue weighted by molar-refractivity contribution is -0.0506. The summed E-state index contributed by atoms with van der Waals surface area (Å²) in [4.78, 5) is 4.75. The van der Waals surface area contributed by atoms with Crippen LogP contribution in [0.5, 0.6) is 5.75 Å². The van der Waals surface area contributed by atoms with Crippen molar-refractivity contribution >= 4 is 22.1 Å². The molecule has 5 nitrogen and oxygen atoms in total. The summed E-state index contributed by atoms with van der Waals surface area (Å²) in [6.07, 6.45) is 1.52. The number of nitrogens with zero attached hydrogens (tertiary/aromatic N) is 2. The van der Waals surface area contributed by atoms with E-state index in [1.54, 1.807) is 12.1 Å². The van der Waals surface area contributed by atoms with Gasteiger partial charge in [-0.15, -0.1) is 0 Å². The van der Waals surface area contributed by atoms with Crippen molar-refractivity contribution in [1.82, 2.24) is 9.55 Å². The SMILES string of the molecule is O=S(O)Cc1ccc(-c2ccc3nc4n(c3c2)C(c2ccccc2OC(F)F)CC4)cc1. The summed E-state index contributed by atoms with van der Waals surface area (Å²) in [6.45, 7) is -2.88. The maximum Gasteiger partial charge on any atom is 0.387 e. The number of hydrogen-bond donors (Lipinski definition) is 1. The van der Waals surface area contributed by atoms with Crippen LogP contribution in [0.4, 0.5) is 8.78 Å². The van der Waals surface area contributed by atoms with Gasteiger partial charge in [0.25, 0.3) is 0 Å². The second kappa shape index (κ2) is 8.44. The minimum Gasteiger partial charge on any atom is -0.434 e. The number of imidazole rings is 1. The molecule has 0 fully saturated rings. The number of halogens is 2. The lowest BCUT2D eigenvalue weighted by Crippen LogP contribution is -2.10. The second-order valence-corrected chi connectivity index (χ2v) is 8.67. The molecule has 1 aromatic heterocycles. The van der Waals surface area contributed by atoms with Gasteiger partial charge in [0, 0.05) is 12.0 Å². The Morgan fingerprint density at radius 1 is 1.09 bits per heavy atom. The zero-order chi connectivity index (χ0) is 22.2. The third-order valence-electron chi connectivity index (χ3n) is 5.79. The van der Waals surface area contributed by atoms with E-state index < -0.39 is 17.7 Å². The maximum atomic E-state index is 12.9. The molecule has 2 unspecified atom stereocenters. The summed E-state index contributed by atoms with van der Waals surface area (Å²) in [5, 5.41) is 0. The first-order valence-electron chi connectivity index (χ1n) is 10.2. The van der Waals surface area contributed by atoms with Crippen molar-refractivity contribution in [2.45, 2.75) is 31.2 Å². The Kier molecular flexibility index (Phi) is 5.48. The van der Waals surface area contributed by atoms with Crippen molar-refractivity contribution in [3.05, 3.63) is 83.7 Å². The summed E-state index contributed by atoms with van der Waals surface area (Å²) >= 11 is -1.88. The molecule has 1 N–H and O–H groups in total. The molecular formula is C24H20F2N2O3S. The summed E-state index contributed by atoms with van der Waals surface area (Å²) < 4.78 is 52.9. The highest BCUT2D eigenvalue weighted by Gasteiger charge is 2.29. The topological polar surface area (TPSA) is 64.3 Å². The molecule has 1 aliphatic heterocycles. The van der Waals surface area contributed by atoms with Gasteiger partial charge in [-0.3, -0.25) is 0 Å². The normalized spacial score (nSPS) is 16.4. The number of benzene rings is 3. The van der Waals surface area contributed by atoms with Gasteiger partial charge in [0.05, 0.1) is 22.8 Å². The quantitative estimate of drug-likeness (QED) is 0.387. The molecule has 2 atom stereocenters. The molecular weight excluding hydrogens is 434 g/mol. The van der Waals surface area contributed by atoms with Crippen LogP contribution >= 0.6 is 0 Å². The highest BCUT2D eigenvalue weighted by Crippen LogP contribution is 2.40. The number of ether oxygens (including phenoxy) is 1. The molecule has 2 heterocycles. The zero-order valence-electron chi connectivity index (χ0n) is 16.9. The van der Waals surface area contributed by atoms with Gasteiger partial charge >= 0.3 is 6.61 Å². The zero-order valence-corrected chi connectivity index (χ0v) is 17.8. The average molecular weight is 454 g/mol. The third-order valence-corrected chi connectivity index (χ3v) is 6.37. The molecule has 0 radical (unpaired) electrons. The molecule has 0 bridgehead atoms. The molecule has 0 spiro atoms. The van der Waals surface area contributed by atoms with E-state index >= 15 is 0 Å². The molecule has 8 heteroatoms. The van der Waals surface area contributed by atoms with E-state index in [4.69, 9.17) is 14.3 Å². The minimum absolute atomic E-state index is 0.0945. The van der Waals surface area contributed by atoms with Crippen molar-refractivity contribution in [3.63, 3.8) is 0 Å². The Balaban J connectivity index is 1.55. The van der Waals surface area contributed by atoms with Gasteiger partial charge < -0.3 is 13.9 Å². The van der Waals surface area contributed by atoms with Crippen molar-refractivity contribution < 1.29 is 22.3 Å². The van der Waals surface area contributed by atoms with E-state index in [0.717, 1.165) is 52.0 Å². The molecule has 4 aromatic rings. The fourth-order valence-corrected chi connectivity index (χ4v) is 4.91. The Morgan fingerprint density at radius 3 is 2.59 bits per heavy atom. The van der Waals surface area contributed by atoms with Gasteiger partial charge in [-0.25, -0.2) is 9.19 Å². The lowest BCUT2D eigenvalue weighted by Gasteiger charge is -2.19. The molecule has 0 saturated carbocycles. The van der Waals surface area contributed by atoms with Crippen molar-refractivity contribution in [2.24, 2.45) is 0 Å². The number of hydrogen-bond acceptors (Lipinski definition) is 3. The highest BCUT2D eigenvalue weighted by molar-refractivity contribution is 7.78. The van der Waals surface area contributed by atoms with Gasteiger partial charge in [-0.2, -0.15) is 8.78 Å². The van der Waals surface area contributed by atoms with Gasteiger partial charge in [0.15, 0.2) is 11.1 Å². The first-order valence-corrected chi connectivity index (χ1v) is 11.5. The van der Waals surface area contributed by atoms with Crippen LogP contribution in [-0.4, -0.2) is 24.9 Å². The van der Waals surface area contributed by atoms with E-state index in [1.165, 1.54) is 0 Å². The van der Waals surface area contributed by atoms with Gasteiger partial charge in [-0.1, -0.05) is 48.5 Å². The van der Waals surface area contributed by atoms with Crippen molar-refractivity contribution in [3.8, 4) is 16.9 Å². The molecule has 0 amide bonds. The number of fused-ring (bicyclic) bond motifs is 3. The van der Waals surface area contributed by atoms with Crippen LogP contribution in [0.1, 0.15) is 29.4 Å². The van der Waals surface area contributed by atoms with Gasteiger partial charge in [0.1, 0.15) is 11.6 Å². The largest absolute Gasteiger partial charge is 0.434 e. The first-order chi connectivity index (χ1) is 15.5. The number of aryl methyl sites for hydroxylation is 1. The molecule has 0 aliphatic carbocycles. The first kappa shape index (κ1) is 20.8. The van der Waals surface area contributed by atoms with Crippen LogP contribution in [0.2, 0.25) is 0 Å². The fraction of sp³-hybridized carbons (Fsp3) is 0.208. The molecule has 32 heavy (non-hydrogen) atoms. The standard InChI is InChI=1S/C24H20F2N2O3S/c25-24(26)31-22-4-2-1-3-18(22)20-11-12-23-27-19-10-9-17(13-21(19)28(20)23)16-7-5-15(6-8-16)14-32(29)30/h1-10,13,20,24H,11-12,14H2,(H,29,30). The van der Waals surface area contributed by atoms with Crippen LogP contribution in [0.3, 0.4) is 0 Å². The number of alkyl halides is 2. The van der Waals surface area contributed by atoms with Crippen LogP contribution < -0.4 is 4.74 Å². The highest BCUT2D eigenvalue weighted by atomic mass is 32.2. The van der Waals surface area contributed by atoms with Crippen LogP contribution in [-0.2, 0) is 23.3 Å². The lowest BCUT2D eigenvalue weighted by atomic mass is 10.0. The molecule has 0 saturated heterocycles. The average Bonchev–Trinajstić information content (AvgIpc) is 3.33. The number of rotatable bonds is 6. The predicted molar refractivity (Wildman–Crippen MR) is 119 cm³/mol. The third kappa shape index (κ3) is 3.91. The Morgan fingerprint density at radius 2 is 1.84 bits per heavy atom. The number of aromatic nitrogens is 2. The predicted octanol–water partition coefficient (Wildman–Crippen LogP) is 5.56. The molecule has 5 rings (SSSR count). The fourth-order valence-electron chi connectivity index (χ4n) is 4.43. The van der Waals surface area contributed by atoms with E-state index in [9.17, 15) is 13.0 Å². The van der Waals surface area contributed by atoms with Crippen molar-refractivity contribution in [1.29, 1.82) is 0 Å². The van der Waals surface area contributed by atoms with Crippen LogP contribution in [0.15, 0.2) is 66.7 Å². The van der Waals surface area contributed by atoms with Gasteiger partial charge in [0.2, 0.25) is 0 Å². The Hall–Kier alpha value is -3.10. The summed E-state index contributed by atoms with van der Waals surface area (Å²) in [5.41, 5.74) is 5.26. The maximum absolute atomic E-state index is 12.9. The smallest absolute Gasteiger partial charge is 0.387 e. The van der Waals surface area contributed by atoms with E-state index in [-0.39, 0.29) is 17.5 Å². The number of para-hydroxylation sites is 1. The minimum atomic E-state index is -2.88. The Labute approximate surface area is 186 Å².